The molecule has 2 fully saturated rings. The Morgan fingerprint density at radius 3 is 2.24 bits per heavy atom. The Hall–Kier alpha value is -4.41. The van der Waals surface area contributed by atoms with Crippen LogP contribution in [0.5, 0.6) is 0 Å². The lowest BCUT2D eigenvalue weighted by molar-refractivity contribution is -0.0884. The quantitative estimate of drug-likeness (QED) is 0.0991. The molecule has 0 radical (unpaired) electrons. The molecule has 0 saturated heterocycles. The number of hydrogen-bond acceptors (Lipinski definition) is 6. The number of anilines is 2. The van der Waals surface area contributed by atoms with Crippen LogP contribution in [0.3, 0.4) is 0 Å². The fraction of sp³-hybridized carbons (Fsp3) is 0.432. The summed E-state index contributed by atoms with van der Waals surface area (Å²) in [6, 6.07) is 15.0. The first-order valence-corrected chi connectivity index (χ1v) is 19.5. The molecule has 0 spiro atoms. The summed E-state index contributed by atoms with van der Waals surface area (Å²) in [7, 11) is 0. The second kappa shape index (κ2) is 24.1. The monoisotopic (exact) mass is 750 g/mol. The number of hydrogen-bond donors (Lipinski definition) is 5. The van der Waals surface area contributed by atoms with Gasteiger partial charge >= 0.3 is 6.18 Å². The van der Waals surface area contributed by atoms with Crippen molar-refractivity contribution in [2.45, 2.75) is 112 Å². The molecule has 6 nitrogen and oxygen atoms in total. The first-order valence-electron chi connectivity index (χ1n) is 19.5. The van der Waals surface area contributed by atoms with E-state index in [0.29, 0.717) is 23.5 Å². The van der Waals surface area contributed by atoms with Gasteiger partial charge in [0.25, 0.3) is 0 Å². The summed E-state index contributed by atoms with van der Waals surface area (Å²) in [5.41, 5.74) is 12.4. The summed E-state index contributed by atoms with van der Waals surface area (Å²) in [4.78, 5) is 4.12. The molecular weight excluding hydrogens is 689 g/mol. The Kier molecular flexibility index (Phi) is 20.4. The molecule has 2 saturated carbocycles. The predicted octanol–water partition coefficient (Wildman–Crippen LogP) is 12.3. The molecule has 10 heteroatoms. The molecule has 2 aromatic carbocycles. The molecule has 296 valence electrons. The molecule has 6 rings (SSSR count). The third-order valence-corrected chi connectivity index (χ3v) is 8.52. The Morgan fingerprint density at radius 1 is 0.963 bits per heavy atom. The van der Waals surface area contributed by atoms with Crippen molar-refractivity contribution >= 4 is 17.5 Å². The predicted molar refractivity (Wildman–Crippen MR) is 220 cm³/mol. The number of rotatable bonds is 11. The van der Waals surface area contributed by atoms with Crippen LogP contribution in [0, 0.1) is 11.7 Å². The third-order valence-electron chi connectivity index (χ3n) is 8.52. The van der Waals surface area contributed by atoms with Gasteiger partial charge in [0.05, 0.1) is 17.3 Å². The van der Waals surface area contributed by atoms with Crippen molar-refractivity contribution in [1.82, 2.24) is 15.6 Å². The van der Waals surface area contributed by atoms with Crippen molar-refractivity contribution in [3.8, 4) is 0 Å². The Balaban J connectivity index is 0.000000330. The zero-order valence-corrected chi connectivity index (χ0v) is 33.4. The van der Waals surface area contributed by atoms with Gasteiger partial charge in [-0.15, -0.1) is 0 Å². The van der Waals surface area contributed by atoms with Crippen LogP contribution in [0.2, 0.25) is 0 Å². The number of halogens is 4. The molecular formula is C44H62F4N6. The Morgan fingerprint density at radius 2 is 1.65 bits per heavy atom. The van der Waals surface area contributed by atoms with E-state index >= 15 is 0 Å². The third kappa shape index (κ3) is 14.8. The summed E-state index contributed by atoms with van der Waals surface area (Å²) >= 11 is 0. The number of fused-ring (bicyclic) bond motifs is 1. The summed E-state index contributed by atoms with van der Waals surface area (Å²) in [6.45, 7) is 16.3. The van der Waals surface area contributed by atoms with Crippen molar-refractivity contribution in [2.24, 2.45) is 11.7 Å². The van der Waals surface area contributed by atoms with Crippen LogP contribution in [-0.4, -0.2) is 17.7 Å². The lowest BCUT2D eigenvalue weighted by Gasteiger charge is -2.21. The Bertz CT molecular complexity index is 1650. The first-order chi connectivity index (χ1) is 26.1. The van der Waals surface area contributed by atoms with Crippen molar-refractivity contribution in [1.29, 1.82) is 0 Å². The van der Waals surface area contributed by atoms with Gasteiger partial charge in [-0.25, -0.2) is 4.39 Å². The highest BCUT2D eigenvalue weighted by Crippen LogP contribution is 2.32. The highest BCUT2D eigenvalue weighted by molar-refractivity contribution is 5.63. The summed E-state index contributed by atoms with van der Waals surface area (Å²) in [5, 5.41) is 12.8. The molecule has 6 N–H and O–H groups in total. The fourth-order valence-corrected chi connectivity index (χ4v) is 5.51. The van der Waals surface area contributed by atoms with Crippen LogP contribution in [-0.2, 0) is 0 Å². The molecule has 2 unspecified atom stereocenters. The van der Waals surface area contributed by atoms with Crippen molar-refractivity contribution in [3.63, 3.8) is 0 Å². The number of alkyl halides is 3. The van der Waals surface area contributed by atoms with Gasteiger partial charge in [0.15, 0.2) is 0 Å². The van der Waals surface area contributed by atoms with E-state index in [1.165, 1.54) is 30.9 Å². The average molecular weight is 751 g/mol. The topological polar surface area (TPSA) is 87.0 Å². The highest BCUT2D eigenvalue weighted by atomic mass is 19.4. The number of pyridine rings is 1. The van der Waals surface area contributed by atoms with E-state index in [1.54, 1.807) is 26.1 Å². The number of benzene rings is 2. The smallest absolute Gasteiger partial charge is 0.372 e. The molecule has 3 aromatic rings. The highest BCUT2D eigenvalue weighted by Gasteiger charge is 2.31. The average Bonchev–Trinajstić information content (AvgIpc) is 4.00. The van der Waals surface area contributed by atoms with E-state index in [9.17, 15) is 17.6 Å². The lowest BCUT2D eigenvalue weighted by Crippen LogP contribution is -2.27. The summed E-state index contributed by atoms with van der Waals surface area (Å²) < 4.78 is 52.9. The van der Waals surface area contributed by atoms with Gasteiger partial charge in [0.1, 0.15) is 12.0 Å². The second-order valence-electron chi connectivity index (χ2n) is 12.4. The summed E-state index contributed by atoms with van der Waals surface area (Å²) in [6.07, 6.45) is 13.3. The standard InChI is InChI=1S/C21H24FN3.C17H20F3N3.3C2H6/c22-19-7-6-18(12-20(19)24-13-15-2-1-3-15)21(25-14-16-4-5-16)17-8-10-23-11-9-17;1-3-4-13(17(18,19)20)9-11(2)23-14-6-5-12-7-8-22-16(21)15(12)10-14;3*1-2/h6-13,16,21,24-25H,1-5,14H2;4-10,16,22-23H,3,21H2,1-2H3;3*1-2H3/b;11-9-,13-4-;;;. The van der Waals surface area contributed by atoms with Crippen molar-refractivity contribution in [2.75, 3.05) is 17.2 Å². The minimum Gasteiger partial charge on any atom is -0.372 e. The molecule has 3 aliphatic rings. The van der Waals surface area contributed by atoms with Gasteiger partial charge < -0.3 is 27.0 Å². The maximum atomic E-state index is 14.2. The van der Waals surface area contributed by atoms with Gasteiger partial charge in [-0.1, -0.05) is 72.2 Å². The van der Waals surface area contributed by atoms with E-state index in [0.717, 1.165) is 53.6 Å². The van der Waals surface area contributed by atoms with Crippen LogP contribution in [0.4, 0.5) is 28.9 Å². The minimum absolute atomic E-state index is 0.0566. The van der Waals surface area contributed by atoms with E-state index in [2.05, 4.69) is 26.3 Å². The maximum Gasteiger partial charge on any atom is 0.416 e. The van der Waals surface area contributed by atoms with Crippen molar-refractivity contribution < 1.29 is 17.6 Å². The second-order valence-corrected chi connectivity index (χ2v) is 12.4. The van der Waals surface area contributed by atoms with E-state index in [4.69, 9.17) is 5.73 Å². The molecule has 0 amide bonds. The number of nitrogens with two attached hydrogens (primary N) is 1. The normalized spacial score (nSPS) is 16.4. The van der Waals surface area contributed by atoms with Crippen LogP contribution in [0.1, 0.15) is 128 Å². The molecule has 0 bridgehead atoms. The van der Waals surface area contributed by atoms with E-state index in [-0.39, 0.29) is 18.0 Å². The number of nitrogens with one attached hydrogen (secondary N) is 4. The number of allylic oxidation sites excluding steroid dienone is 5. The largest absolute Gasteiger partial charge is 0.416 e. The maximum absolute atomic E-state index is 14.2. The zero-order valence-electron chi connectivity index (χ0n) is 33.4. The van der Waals surface area contributed by atoms with E-state index in [1.807, 2.05) is 109 Å². The minimum atomic E-state index is -4.36. The zero-order chi connectivity index (χ0) is 40.1. The molecule has 1 aromatic heterocycles. The fourth-order valence-electron chi connectivity index (χ4n) is 5.51. The lowest BCUT2D eigenvalue weighted by atomic mass is 9.93. The van der Waals surface area contributed by atoms with Crippen molar-refractivity contribution in [3.05, 3.63) is 130 Å². The Labute approximate surface area is 321 Å². The van der Waals surface area contributed by atoms with Crippen LogP contribution < -0.4 is 27.0 Å². The van der Waals surface area contributed by atoms with Gasteiger partial charge in [-0.05, 0) is 135 Å². The molecule has 2 aliphatic carbocycles. The van der Waals surface area contributed by atoms with Crippen LogP contribution in [0.15, 0.2) is 102 Å². The first kappa shape index (κ1) is 45.7. The molecule has 1 aliphatic heterocycles. The molecule has 54 heavy (non-hydrogen) atoms. The van der Waals surface area contributed by atoms with Gasteiger partial charge in [-0.2, -0.15) is 13.2 Å². The van der Waals surface area contributed by atoms with Gasteiger partial charge in [-0.3, -0.25) is 4.98 Å². The SMILES string of the molecule is CC.CC.CC.CC/C=C(/C=C(/C)Nc1ccc2c(c1)C(N)NC=C2)C(F)(F)F.Fc1ccc(C(NCC2CC2)c2ccncc2)cc1NC=C1CCC1. The van der Waals surface area contributed by atoms with Crippen LogP contribution >= 0.6 is 0 Å². The van der Waals surface area contributed by atoms with E-state index < -0.39 is 11.7 Å². The number of nitrogens with zero attached hydrogens (tertiary/aromatic N) is 1. The molecule has 2 heterocycles. The molecule has 2 atom stereocenters. The van der Waals surface area contributed by atoms with Gasteiger partial charge in [0, 0.05) is 30.0 Å². The van der Waals surface area contributed by atoms with Crippen LogP contribution in [0.25, 0.3) is 6.08 Å². The summed E-state index contributed by atoms with van der Waals surface area (Å²) in [5.74, 6) is 0.571. The number of aromatic nitrogens is 1. The van der Waals surface area contributed by atoms with Gasteiger partial charge in [0.2, 0.25) is 0 Å².